The van der Waals surface area contributed by atoms with E-state index in [1.807, 2.05) is 17.8 Å². The van der Waals surface area contributed by atoms with E-state index >= 15 is 0 Å². The van der Waals surface area contributed by atoms with E-state index in [1.54, 1.807) is 6.20 Å². The highest BCUT2D eigenvalue weighted by Gasteiger charge is 2.41. The Morgan fingerprint density at radius 1 is 1.11 bits per heavy atom. The van der Waals surface area contributed by atoms with Crippen molar-refractivity contribution in [3.8, 4) is 0 Å². The van der Waals surface area contributed by atoms with Gasteiger partial charge in [0.1, 0.15) is 0 Å². The topological polar surface area (TPSA) is 29.3 Å². The second kappa shape index (κ2) is 6.30. The van der Waals surface area contributed by atoms with Crippen LogP contribution in [0.4, 0.5) is 5.69 Å². The number of benzene rings is 1. The molecule has 4 rings (SSSR count). The van der Waals surface area contributed by atoms with Gasteiger partial charge in [0.25, 0.3) is 0 Å². The quantitative estimate of drug-likeness (QED) is 0.474. The maximum absolute atomic E-state index is 6.30. The molecule has 3 heterocycles. The molecule has 0 bridgehead atoms. The summed E-state index contributed by atoms with van der Waals surface area (Å²) in [5.74, 6) is 0.515. The van der Waals surface area contributed by atoms with Gasteiger partial charge in [-0.3, -0.25) is 0 Å². The monoisotopic (exact) mass is 380 g/mol. The zero-order valence-electron chi connectivity index (χ0n) is 17.3. The first-order chi connectivity index (χ1) is 12.7. The van der Waals surface area contributed by atoms with Crippen molar-refractivity contribution in [2.45, 2.75) is 53.8 Å². The average Bonchev–Trinajstić information content (AvgIpc) is 3.13. The highest BCUT2D eigenvalue weighted by atomic mass is 32.2. The normalized spacial score (nSPS) is 18.5. The van der Waals surface area contributed by atoms with Gasteiger partial charge in [-0.05, 0) is 42.9 Å². The minimum absolute atomic E-state index is 0.126. The molecule has 1 atom stereocenters. The summed E-state index contributed by atoms with van der Waals surface area (Å²) in [4.78, 5) is 8.43. The summed E-state index contributed by atoms with van der Waals surface area (Å²) in [6, 6.07) is 8.45. The van der Waals surface area contributed by atoms with Gasteiger partial charge in [-0.2, -0.15) is 0 Å². The predicted molar refractivity (Wildman–Crippen MR) is 117 cm³/mol. The Bertz CT molecular complexity index is 1060. The zero-order valence-corrected chi connectivity index (χ0v) is 18.1. The Hall–Kier alpha value is -1.94. The lowest BCUT2D eigenvalue weighted by atomic mass is 9.94. The van der Waals surface area contributed by atoms with Crippen LogP contribution in [0.15, 0.2) is 45.5 Å². The van der Waals surface area contributed by atoms with Crippen LogP contribution in [0.25, 0.3) is 22.1 Å². The molecule has 1 aliphatic heterocycles. The molecule has 3 aromatic rings. The van der Waals surface area contributed by atoms with Crippen LogP contribution in [0.2, 0.25) is 0 Å². The van der Waals surface area contributed by atoms with Crippen molar-refractivity contribution in [1.82, 2.24) is 4.98 Å². The lowest BCUT2D eigenvalue weighted by Crippen LogP contribution is -2.38. The highest BCUT2D eigenvalue weighted by Crippen LogP contribution is 2.52. The summed E-state index contributed by atoms with van der Waals surface area (Å²) < 4.78 is 6.30. The Morgan fingerprint density at radius 3 is 2.52 bits per heavy atom. The number of nitrogens with zero attached hydrogens (tertiary/aromatic N) is 2. The number of allylic oxidation sites excluding steroid dienone is 2. The van der Waals surface area contributed by atoms with Gasteiger partial charge in [-0.15, -0.1) is 11.8 Å². The van der Waals surface area contributed by atoms with Gasteiger partial charge in [0.15, 0.2) is 5.58 Å². The molecule has 0 radical (unpaired) electrons. The van der Waals surface area contributed by atoms with Crippen LogP contribution in [0.5, 0.6) is 0 Å². The van der Waals surface area contributed by atoms with Crippen LogP contribution in [-0.2, 0) is 0 Å². The first-order valence-electron chi connectivity index (χ1n) is 9.63. The molecular formula is C23H28N2OS. The van der Waals surface area contributed by atoms with Gasteiger partial charge in [-0.25, -0.2) is 4.98 Å². The fourth-order valence-corrected chi connectivity index (χ4v) is 5.52. The third-order valence-electron chi connectivity index (χ3n) is 5.29. The summed E-state index contributed by atoms with van der Waals surface area (Å²) >= 11 is 2.01. The van der Waals surface area contributed by atoms with Crippen molar-refractivity contribution >= 4 is 39.5 Å². The summed E-state index contributed by atoms with van der Waals surface area (Å²) in [7, 11) is 0. The molecule has 142 valence electrons. The third-order valence-corrected chi connectivity index (χ3v) is 7.45. The standard InChI is InChI=1S/C23H28N2OS/c1-13(2)20-15(4)25(22(27-20)23(5,6)7)18-14(3)10-11-16-17-9-8-12-24-21(17)26-19(16)18/h8-13,22H,1-7H3. The van der Waals surface area contributed by atoms with Crippen molar-refractivity contribution in [2.24, 2.45) is 11.3 Å². The van der Waals surface area contributed by atoms with Crippen LogP contribution >= 0.6 is 11.8 Å². The molecule has 2 aromatic heterocycles. The fraction of sp³-hybridized carbons (Fsp3) is 0.435. The molecule has 0 N–H and O–H groups in total. The van der Waals surface area contributed by atoms with E-state index in [9.17, 15) is 0 Å². The number of aryl methyl sites for hydroxylation is 1. The number of rotatable bonds is 2. The highest BCUT2D eigenvalue weighted by molar-refractivity contribution is 8.04. The minimum atomic E-state index is 0.126. The van der Waals surface area contributed by atoms with E-state index in [-0.39, 0.29) is 5.41 Å². The summed E-state index contributed by atoms with van der Waals surface area (Å²) in [6.45, 7) is 16.0. The van der Waals surface area contributed by atoms with Crippen molar-refractivity contribution < 1.29 is 4.42 Å². The van der Waals surface area contributed by atoms with Crippen LogP contribution in [0, 0.1) is 18.3 Å². The number of hydrogen-bond donors (Lipinski definition) is 0. The van der Waals surface area contributed by atoms with Crippen molar-refractivity contribution in [3.63, 3.8) is 0 Å². The van der Waals surface area contributed by atoms with E-state index in [0.717, 1.165) is 16.4 Å². The van der Waals surface area contributed by atoms with E-state index < -0.39 is 0 Å². The summed E-state index contributed by atoms with van der Waals surface area (Å²) in [5.41, 5.74) is 5.56. The first kappa shape index (κ1) is 18.4. The molecule has 3 nitrogen and oxygen atoms in total. The van der Waals surface area contributed by atoms with Crippen LogP contribution in [0.3, 0.4) is 0 Å². The summed E-state index contributed by atoms with van der Waals surface area (Å²) in [6.07, 6.45) is 1.79. The summed E-state index contributed by atoms with van der Waals surface area (Å²) in [5, 5.41) is 2.56. The molecule has 4 heteroatoms. The van der Waals surface area contributed by atoms with E-state index in [4.69, 9.17) is 4.42 Å². The van der Waals surface area contributed by atoms with Crippen LogP contribution in [-0.4, -0.2) is 10.4 Å². The van der Waals surface area contributed by atoms with Gasteiger partial charge >= 0.3 is 0 Å². The SMILES string of the molecule is CC1=C(C(C)C)SC(C(C)(C)C)N1c1c(C)ccc2c1oc1ncccc12. The molecule has 0 fully saturated rings. The lowest BCUT2D eigenvalue weighted by molar-refractivity contribution is 0.395. The number of thioether (sulfide) groups is 1. The fourth-order valence-electron chi connectivity index (χ4n) is 4.01. The average molecular weight is 381 g/mol. The van der Waals surface area contributed by atoms with Crippen molar-refractivity contribution in [2.75, 3.05) is 4.90 Å². The molecule has 0 amide bonds. The molecule has 27 heavy (non-hydrogen) atoms. The second-order valence-corrected chi connectivity index (χ2v) is 10.00. The molecule has 1 aromatic carbocycles. The molecule has 0 saturated carbocycles. The van der Waals surface area contributed by atoms with Gasteiger partial charge in [-0.1, -0.05) is 46.8 Å². The van der Waals surface area contributed by atoms with Crippen LogP contribution < -0.4 is 4.90 Å². The molecule has 0 spiro atoms. The van der Waals surface area contributed by atoms with Gasteiger partial charge in [0, 0.05) is 27.6 Å². The van der Waals surface area contributed by atoms with Crippen molar-refractivity contribution in [1.29, 1.82) is 0 Å². The first-order valence-corrected chi connectivity index (χ1v) is 10.5. The molecular weight excluding hydrogens is 352 g/mol. The smallest absolute Gasteiger partial charge is 0.227 e. The van der Waals surface area contributed by atoms with Gasteiger partial charge < -0.3 is 9.32 Å². The maximum Gasteiger partial charge on any atom is 0.227 e. The molecule has 1 aliphatic rings. The van der Waals surface area contributed by atoms with Crippen LogP contribution in [0.1, 0.15) is 47.1 Å². The number of pyridine rings is 1. The maximum atomic E-state index is 6.30. The van der Waals surface area contributed by atoms with E-state index in [2.05, 4.69) is 76.5 Å². The Morgan fingerprint density at radius 2 is 1.85 bits per heavy atom. The molecule has 1 unspecified atom stereocenters. The number of aromatic nitrogens is 1. The number of hydrogen-bond acceptors (Lipinski definition) is 4. The number of furan rings is 1. The second-order valence-electron chi connectivity index (χ2n) is 8.88. The lowest BCUT2D eigenvalue weighted by Gasteiger charge is -2.37. The Labute approximate surface area is 165 Å². The Balaban J connectivity index is 2.02. The van der Waals surface area contributed by atoms with E-state index in [1.165, 1.54) is 21.9 Å². The van der Waals surface area contributed by atoms with Gasteiger partial charge in [0.05, 0.1) is 11.1 Å². The molecule has 0 saturated heterocycles. The number of anilines is 1. The zero-order chi connectivity index (χ0) is 19.5. The third kappa shape index (κ3) is 2.85. The largest absolute Gasteiger partial charge is 0.435 e. The predicted octanol–water partition coefficient (Wildman–Crippen LogP) is 7.10. The van der Waals surface area contributed by atoms with E-state index in [0.29, 0.717) is 17.0 Å². The Kier molecular flexibility index (Phi) is 4.30. The van der Waals surface area contributed by atoms with Crippen molar-refractivity contribution in [3.05, 3.63) is 46.6 Å². The minimum Gasteiger partial charge on any atom is -0.435 e. The van der Waals surface area contributed by atoms with Gasteiger partial charge in [0.2, 0.25) is 5.71 Å². The number of fused-ring (bicyclic) bond motifs is 3. The molecule has 0 aliphatic carbocycles.